The lowest BCUT2D eigenvalue weighted by molar-refractivity contribution is 0.617. The predicted molar refractivity (Wildman–Crippen MR) is 75.8 cm³/mol. The first kappa shape index (κ1) is 13.2. The summed E-state index contributed by atoms with van der Waals surface area (Å²) in [6, 6.07) is 14.8. The lowest BCUT2D eigenvalue weighted by Gasteiger charge is -2.14. The molecule has 1 unspecified atom stereocenters. The minimum absolute atomic E-state index is 0.0832. The van der Waals surface area contributed by atoms with E-state index in [1.807, 2.05) is 18.2 Å². The van der Waals surface area contributed by atoms with E-state index in [1.165, 1.54) is 17.7 Å². The maximum Gasteiger partial charge on any atom is 0.124 e. The van der Waals surface area contributed by atoms with Crippen molar-refractivity contribution < 1.29 is 4.39 Å². The monoisotopic (exact) mass is 307 g/mol. The third-order valence-electron chi connectivity index (χ3n) is 2.95. The van der Waals surface area contributed by atoms with E-state index in [9.17, 15) is 4.39 Å². The van der Waals surface area contributed by atoms with Crippen molar-refractivity contribution in [2.45, 2.75) is 18.9 Å². The zero-order valence-electron chi connectivity index (χ0n) is 9.94. The lowest BCUT2D eigenvalue weighted by atomic mass is 10.00. The largest absolute Gasteiger partial charge is 0.324 e. The smallest absolute Gasteiger partial charge is 0.124 e. The van der Waals surface area contributed by atoms with Gasteiger partial charge in [-0.15, -0.1) is 0 Å². The van der Waals surface area contributed by atoms with Crippen LogP contribution in [-0.4, -0.2) is 0 Å². The van der Waals surface area contributed by atoms with E-state index in [2.05, 4.69) is 28.1 Å². The number of rotatable bonds is 4. The molecule has 18 heavy (non-hydrogen) atoms. The summed E-state index contributed by atoms with van der Waals surface area (Å²) >= 11 is 3.35. The van der Waals surface area contributed by atoms with E-state index >= 15 is 0 Å². The first-order valence-electron chi connectivity index (χ1n) is 5.91. The molecule has 2 aromatic carbocycles. The molecule has 0 saturated carbocycles. The summed E-state index contributed by atoms with van der Waals surface area (Å²) < 4.78 is 13.7. The molecule has 0 aliphatic carbocycles. The summed E-state index contributed by atoms with van der Waals surface area (Å²) in [7, 11) is 0. The van der Waals surface area contributed by atoms with E-state index in [0.717, 1.165) is 22.9 Å². The van der Waals surface area contributed by atoms with Crippen LogP contribution in [0.25, 0.3) is 0 Å². The molecule has 3 heteroatoms. The molecule has 0 aromatic heterocycles. The molecular weight excluding hydrogens is 293 g/mol. The topological polar surface area (TPSA) is 26.0 Å². The van der Waals surface area contributed by atoms with Gasteiger partial charge in [0.2, 0.25) is 0 Å². The third kappa shape index (κ3) is 3.40. The van der Waals surface area contributed by atoms with Crippen molar-refractivity contribution in [1.29, 1.82) is 0 Å². The van der Waals surface area contributed by atoms with Crippen LogP contribution in [0, 0.1) is 5.82 Å². The summed E-state index contributed by atoms with van der Waals surface area (Å²) in [5.41, 5.74) is 8.36. The normalized spacial score (nSPS) is 12.4. The molecule has 2 rings (SSSR count). The van der Waals surface area contributed by atoms with Crippen LogP contribution in [0.1, 0.15) is 23.6 Å². The molecule has 0 saturated heterocycles. The number of halogens is 2. The van der Waals surface area contributed by atoms with E-state index in [1.54, 1.807) is 6.07 Å². The molecule has 0 amide bonds. The first-order chi connectivity index (χ1) is 8.66. The quantitative estimate of drug-likeness (QED) is 0.899. The van der Waals surface area contributed by atoms with Gasteiger partial charge in [-0.25, -0.2) is 4.39 Å². The van der Waals surface area contributed by atoms with Gasteiger partial charge in [-0.05, 0) is 36.1 Å². The van der Waals surface area contributed by atoms with Gasteiger partial charge in [-0.2, -0.15) is 0 Å². The maximum absolute atomic E-state index is 13.0. The zero-order chi connectivity index (χ0) is 13.0. The Morgan fingerprint density at radius 1 is 1.11 bits per heavy atom. The fraction of sp³-hybridized carbons (Fsp3) is 0.200. The molecule has 94 valence electrons. The molecule has 0 aliphatic heterocycles. The Kier molecular flexibility index (Phi) is 4.50. The second kappa shape index (κ2) is 6.12. The molecule has 0 fully saturated rings. The minimum Gasteiger partial charge on any atom is -0.324 e. The Hall–Kier alpha value is -1.19. The summed E-state index contributed by atoms with van der Waals surface area (Å²) in [6.45, 7) is 0. The molecule has 2 aromatic rings. The van der Waals surface area contributed by atoms with Gasteiger partial charge >= 0.3 is 0 Å². The lowest BCUT2D eigenvalue weighted by Crippen LogP contribution is -2.12. The maximum atomic E-state index is 13.0. The fourth-order valence-electron chi connectivity index (χ4n) is 1.92. The standard InChI is InChI=1S/C15H15BrFN/c16-14-10-12(17)7-8-13(14)15(18)9-6-11-4-2-1-3-5-11/h1-5,7-8,10,15H,6,9,18H2. The number of hydrogen-bond donors (Lipinski definition) is 1. The molecule has 1 nitrogen and oxygen atoms in total. The minimum atomic E-state index is -0.249. The molecule has 0 radical (unpaired) electrons. The van der Waals surface area contributed by atoms with E-state index in [0.29, 0.717) is 0 Å². The summed E-state index contributed by atoms with van der Waals surface area (Å²) in [5, 5.41) is 0. The van der Waals surface area contributed by atoms with Crippen molar-refractivity contribution in [2.75, 3.05) is 0 Å². The van der Waals surface area contributed by atoms with Crippen LogP contribution in [0.4, 0.5) is 4.39 Å². The fourth-order valence-corrected chi connectivity index (χ4v) is 2.57. The highest BCUT2D eigenvalue weighted by atomic mass is 79.9. The van der Waals surface area contributed by atoms with Crippen molar-refractivity contribution in [3.63, 3.8) is 0 Å². The predicted octanol–water partition coefficient (Wildman–Crippen LogP) is 4.22. The number of hydrogen-bond acceptors (Lipinski definition) is 1. The van der Waals surface area contributed by atoms with Crippen LogP contribution in [-0.2, 0) is 6.42 Å². The Morgan fingerprint density at radius 2 is 1.83 bits per heavy atom. The molecule has 1 atom stereocenters. The second-order valence-electron chi connectivity index (χ2n) is 4.30. The molecule has 0 aliphatic rings. The van der Waals surface area contributed by atoms with Crippen molar-refractivity contribution in [1.82, 2.24) is 0 Å². The summed E-state index contributed by atoms with van der Waals surface area (Å²) in [4.78, 5) is 0. The van der Waals surface area contributed by atoms with Crippen LogP contribution < -0.4 is 5.73 Å². The molecule has 0 heterocycles. The second-order valence-corrected chi connectivity index (χ2v) is 5.15. The average Bonchev–Trinajstić information content (AvgIpc) is 2.37. The summed E-state index contributed by atoms with van der Waals surface area (Å²) in [5.74, 6) is -0.249. The van der Waals surface area contributed by atoms with E-state index in [4.69, 9.17) is 5.73 Å². The van der Waals surface area contributed by atoms with Gasteiger partial charge in [0, 0.05) is 10.5 Å². The number of nitrogens with two attached hydrogens (primary N) is 1. The highest BCUT2D eigenvalue weighted by Gasteiger charge is 2.10. The van der Waals surface area contributed by atoms with Crippen LogP contribution in [0.15, 0.2) is 53.0 Å². The highest BCUT2D eigenvalue weighted by molar-refractivity contribution is 9.10. The summed E-state index contributed by atoms with van der Waals surface area (Å²) in [6.07, 6.45) is 1.76. The average molecular weight is 308 g/mol. The van der Waals surface area contributed by atoms with E-state index in [-0.39, 0.29) is 11.9 Å². The van der Waals surface area contributed by atoms with Crippen molar-refractivity contribution in [3.05, 3.63) is 69.9 Å². The van der Waals surface area contributed by atoms with Gasteiger partial charge in [0.05, 0.1) is 0 Å². The van der Waals surface area contributed by atoms with Crippen LogP contribution in [0.3, 0.4) is 0 Å². The van der Waals surface area contributed by atoms with Crippen molar-refractivity contribution >= 4 is 15.9 Å². The first-order valence-corrected chi connectivity index (χ1v) is 6.70. The number of benzene rings is 2. The third-order valence-corrected chi connectivity index (χ3v) is 3.64. The highest BCUT2D eigenvalue weighted by Crippen LogP contribution is 2.25. The Balaban J connectivity index is 2.01. The van der Waals surface area contributed by atoms with Gasteiger partial charge in [0.1, 0.15) is 5.82 Å². The Bertz CT molecular complexity index is 513. The van der Waals surface area contributed by atoms with Crippen LogP contribution >= 0.6 is 15.9 Å². The molecule has 0 spiro atoms. The van der Waals surface area contributed by atoms with Gasteiger partial charge in [-0.1, -0.05) is 52.3 Å². The van der Waals surface area contributed by atoms with Crippen molar-refractivity contribution in [2.24, 2.45) is 5.73 Å². The molecule has 2 N–H and O–H groups in total. The van der Waals surface area contributed by atoms with Gasteiger partial charge in [0.25, 0.3) is 0 Å². The van der Waals surface area contributed by atoms with E-state index < -0.39 is 0 Å². The van der Waals surface area contributed by atoms with Crippen LogP contribution in [0.2, 0.25) is 0 Å². The van der Waals surface area contributed by atoms with Crippen LogP contribution in [0.5, 0.6) is 0 Å². The van der Waals surface area contributed by atoms with Gasteiger partial charge in [0.15, 0.2) is 0 Å². The molecule has 0 bridgehead atoms. The molecular formula is C15H15BrFN. The Morgan fingerprint density at radius 3 is 2.50 bits per heavy atom. The zero-order valence-corrected chi connectivity index (χ0v) is 11.5. The number of aryl methyl sites for hydroxylation is 1. The van der Waals surface area contributed by atoms with Gasteiger partial charge in [-0.3, -0.25) is 0 Å². The Labute approximate surface area is 115 Å². The van der Waals surface area contributed by atoms with Gasteiger partial charge < -0.3 is 5.73 Å². The SMILES string of the molecule is NC(CCc1ccccc1)c1ccc(F)cc1Br. The van der Waals surface area contributed by atoms with Crippen molar-refractivity contribution in [3.8, 4) is 0 Å².